The molecule has 1 aliphatic carbocycles. The number of carbonyl (C=O) groups excluding carboxylic acids is 2. The van der Waals surface area contributed by atoms with Crippen LogP contribution >= 0.6 is 11.3 Å². The summed E-state index contributed by atoms with van der Waals surface area (Å²) in [5.74, 6) is -2.79. The number of methoxy groups -OCH3 is 1. The second-order valence-corrected chi connectivity index (χ2v) is 9.49. The van der Waals surface area contributed by atoms with Crippen molar-refractivity contribution in [3.8, 4) is 5.75 Å². The fraction of sp³-hybridized carbons (Fsp3) is 0.435. The van der Waals surface area contributed by atoms with Gasteiger partial charge < -0.3 is 25.2 Å². The number of amides is 2. The molecule has 2 saturated heterocycles. The normalized spacial score (nSPS) is 25.4. The summed E-state index contributed by atoms with van der Waals surface area (Å²) >= 11 is 1.40. The Labute approximate surface area is 188 Å². The van der Waals surface area contributed by atoms with Crippen molar-refractivity contribution in [1.29, 1.82) is 0 Å². The van der Waals surface area contributed by atoms with Gasteiger partial charge in [0.2, 0.25) is 5.91 Å². The van der Waals surface area contributed by atoms with Crippen LogP contribution in [0.25, 0.3) is 0 Å². The summed E-state index contributed by atoms with van der Waals surface area (Å²) in [6, 6.07) is 7.14. The van der Waals surface area contributed by atoms with Crippen LogP contribution < -0.4 is 15.4 Å². The van der Waals surface area contributed by atoms with Gasteiger partial charge in [0.1, 0.15) is 10.8 Å². The third kappa shape index (κ3) is 3.45. The highest BCUT2D eigenvalue weighted by Gasteiger charge is 2.55. The minimum Gasteiger partial charge on any atom is -0.495 e. The SMILES string of the molecule is COc1ccccc1NC(=O)c1c(NC(=O)[C@H]2[C@@H](C(=O)O)[C@H]3CC[C@H]2O3)sc2c1CCC2. The van der Waals surface area contributed by atoms with Crippen molar-refractivity contribution in [3.63, 3.8) is 0 Å². The molecule has 3 heterocycles. The Balaban J connectivity index is 1.42. The molecule has 0 spiro atoms. The zero-order valence-corrected chi connectivity index (χ0v) is 18.4. The maximum absolute atomic E-state index is 13.3. The molecule has 2 aliphatic heterocycles. The van der Waals surface area contributed by atoms with E-state index in [1.165, 1.54) is 18.4 Å². The van der Waals surface area contributed by atoms with Crippen LogP contribution in [0.4, 0.5) is 10.7 Å². The smallest absolute Gasteiger partial charge is 0.310 e. The van der Waals surface area contributed by atoms with Crippen molar-refractivity contribution in [3.05, 3.63) is 40.3 Å². The number of fused-ring (bicyclic) bond motifs is 3. The number of carboxylic acid groups (broad SMARTS) is 1. The molecule has 2 fully saturated rings. The quantitative estimate of drug-likeness (QED) is 0.615. The summed E-state index contributed by atoms with van der Waals surface area (Å²) in [5, 5.41) is 15.9. The number of rotatable bonds is 6. The van der Waals surface area contributed by atoms with Gasteiger partial charge in [-0.25, -0.2) is 0 Å². The van der Waals surface area contributed by atoms with E-state index in [1.807, 2.05) is 6.07 Å². The molecular weight excluding hydrogens is 432 g/mol. The lowest BCUT2D eigenvalue weighted by Crippen LogP contribution is -2.41. The number of aryl methyl sites for hydroxylation is 1. The number of carboxylic acids is 1. The second kappa shape index (κ2) is 8.22. The number of aliphatic carboxylic acids is 1. The van der Waals surface area contributed by atoms with Gasteiger partial charge in [-0.1, -0.05) is 12.1 Å². The third-order valence-corrected chi connectivity index (χ3v) is 7.81. The van der Waals surface area contributed by atoms with E-state index in [0.29, 0.717) is 34.8 Å². The molecule has 168 valence electrons. The number of anilines is 2. The molecule has 9 heteroatoms. The van der Waals surface area contributed by atoms with Crippen LogP contribution in [0.15, 0.2) is 24.3 Å². The molecule has 3 aliphatic rings. The lowest BCUT2D eigenvalue weighted by atomic mass is 9.79. The molecule has 5 rings (SSSR count). The van der Waals surface area contributed by atoms with Crippen molar-refractivity contribution in [1.82, 2.24) is 0 Å². The Morgan fingerprint density at radius 2 is 1.84 bits per heavy atom. The largest absolute Gasteiger partial charge is 0.495 e. The Bertz CT molecular complexity index is 1100. The van der Waals surface area contributed by atoms with Gasteiger partial charge in [-0.05, 0) is 49.8 Å². The van der Waals surface area contributed by atoms with E-state index in [1.54, 1.807) is 18.2 Å². The van der Waals surface area contributed by atoms with E-state index in [-0.39, 0.29) is 5.91 Å². The zero-order valence-electron chi connectivity index (χ0n) is 17.6. The van der Waals surface area contributed by atoms with Crippen LogP contribution in [0.5, 0.6) is 5.75 Å². The number of hydrogen-bond acceptors (Lipinski definition) is 6. The first kappa shape index (κ1) is 21.0. The lowest BCUT2D eigenvalue weighted by molar-refractivity contribution is -0.147. The number of ether oxygens (including phenoxy) is 2. The Kier molecular flexibility index (Phi) is 5.38. The van der Waals surface area contributed by atoms with Gasteiger partial charge in [-0.2, -0.15) is 0 Å². The van der Waals surface area contributed by atoms with Crippen molar-refractivity contribution >= 4 is 39.8 Å². The zero-order chi connectivity index (χ0) is 22.4. The fourth-order valence-corrected chi connectivity index (χ4v) is 6.47. The van der Waals surface area contributed by atoms with Gasteiger partial charge in [0.25, 0.3) is 5.91 Å². The highest BCUT2D eigenvalue weighted by Crippen LogP contribution is 2.45. The molecule has 3 N–H and O–H groups in total. The average Bonchev–Trinajstić information content (AvgIpc) is 3.54. The molecule has 1 aromatic heterocycles. The van der Waals surface area contributed by atoms with Crippen LogP contribution in [0.2, 0.25) is 0 Å². The molecule has 0 saturated carbocycles. The first-order valence-electron chi connectivity index (χ1n) is 10.8. The summed E-state index contributed by atoms with van der Waals surface area (Å²) in [5.41, 5.74) is 1.96. The molecule has 4 atom stereocenters. The fourth-order valence-electron chi connectivity index (χ4n) is 5.19. The van der Waals surface area contributed by atoms with E-state index in [4.69, 9.17) is 9.47 Å². The lowest BCUT2D eigenvalue weighted by Gasteiger charge is -2.23. The predicted octanol–water partition coefficient (Wildman–Crippen LogP) is 3.31. The highest BCUT2D eigenvalue weighted by atomic mass is 32.1. The first-order valence-corrected chi connectivity index (χ1v) is 11.6. The van der Waals surface area contributed by atoms with Crippen LogP contribution in [0.1, 0.15) is 40.1 Å². The molecule has 2 bridgehead atoms. The minimum absolute atomic E-state index is 0.317. The Morgan fingerprint density at radius 3 is 2.59 bits per heavy atom. The monoisotopic (exact) mass is 456 g/mol. The highest BCUT2D eigenvalue weighted by molar-refractivity contribution is 7.17. The van der Waals surface area contributed by atoms with Crippen molar-refractivity contribution in [2.75, 3.05) is 17.7 Å². The number of para-hydroxylation sites is 2. The van der Waals surface area contributed by atoms with Gasteiger partial charge >= 0.3 is 5.97 Å². The molecule has 0 radical (unpaired) electrons. The average molecular weight is 457 g/mol. The Hall–Kier alpha value is -2.91. The van der Waals surface area contributed by atoms with Gasteiger partial charge in [0, 0.05) is 4.88 Å². The molecule has 2 amide bonds. The van der Waals surface area contributed by atoms with Crippen molar-refractivity contribution < 1.29 is 29.0 Å². The maximum atomic E-state index is 13.3. The van der Waals surface area contributed by atoms with E-state index in [2.05, 4.69) is 10.6 Å². The number of thiophene rings is 1. The summed E-state index contributed by atoms with van der Waals surface area (Å²) in [7, 11) is 1.54. The van der Waals surface area contributed by atoms with Crippen molar-refractivity contribution in [2.24, 2.45) is 11.8 Å². The van der Waals surface area contributed by atoms with E-state index < -0.39 is 35.9 Å². The summed E-state index contributed by atoms with van der Waals surface area (Å²) < 4.78 is 11.1. The van der Waals surface area contributed by atoms with Crippen molar-refractivity contribution in [2.45, 2.75) is 44.3 Å². The van der Waals surface area contributed by atoms with E-state index >= 15 is 0 Å². The van der Waals surface area contributed by atoms with Crippen LogP contribution in [-0.4, -0.2) is 42.2 Å². The summed E-state index contributed by atoms with van der Waals surface area (Å²) in [6.07, 6.45) is 3.12. The first-order chi connectivity index (χ1) is 15.5. The van der Waals surface area contributed by atoms with Gasteiger partial charge in [0.05, 0.1) is 42.4 Å². The molecule has 1 aromatic carbocycles. The molecule has 0 unspecified atom stereocenters. The molecule has 32 heavy (non-hydrogen) atoms. The number of benzene rings is 1. The van der Waals surface area contributed by atoms with E-state index in [9.17, 15) is 19.5 Å². The number of nitrogens with one attached hydrogen (secondary N) is 2. The Morgan fingerprint density at radius 1 is 1.09 bits per heavy atom. The maximum Gasteiger partial charge on any atom is 0.310 e. The summed E-state index contributed by atoms with van der Waals surface area (Å²) in [4.78, 5) is 39.3. The number of hydrogen-bond donors (Lipinski definition) is 3. The second-order valence-electron chi connectivity index (χ2n) is 8.39. The molecule has 2 aromatic rings. The van der Waals surface area contributed by atoms with Gasteiger partial charge in [-0.3, -0.25) is 14.4 Å². The van der Waals surface area contributed by atoms with Crippen LogP contribution in [0.3, 0.4) is 0 Å². The van der Waals surface area contributed by atoms with Crippen LogP contribution in [-0.2, 0) is 27.2 Å². The predicted molar refractivity (Wildman–Crippen MR) is 118 cm³/mol. The molecule has 8 nitrogen and oxygen atoms in total. The standard InChI is InChI=1S/C23H24N2O6S/c1-30-13-7-3-2-6-12(13)24-20(26)17-11-5-4-8-16(11)32-22(17)25-21(27)18-14-9-10-15(31-14)19(18)23(28)29/h2-3,6-7,14-15,18-19H,4-5,8-10H2,1H3,(H,24,26)(H,25,27)(H,28,29)/t14-,15-,18-,19+/m1/s1. The van der Waals surface area contributed by atoms with Gasteiger partial charge in [-0.15, -0.1) is 11.3 Å². The third-order valence-electron chi connectivity index (χ3n) is 6.60. The minimum atomic E-state index is -1.01. The van der Waals surface area contributed by atoms with Crippen LogP contribution in [0, 0.1) is 11.8 Å². The molecular formula is C23H24N2O6S. The topological polar surface area (TPSA) is 114 Å². The van der Waals surface area contributed by atoms with Gasteiger partial charge in [0.15, 0.2) is 0 Å². The summed E-state index contributed by atoms with van der Waals surface area (Å²) in [6.45, 7) is 0. The number of carbonyl (C=O) groups is 3. The van der Waals surface area contributed by atoms with E-state index in [0.717, 1.165) is 29.7 Å².